The average Bonchev–Trinajstić information content (AvgIpc) is 2.89. The van der Waals surface area contributed by atoms with E-state index in [4.69, 9.17) is 6.42 Å². The summed E-state index contributed by atoms with van der Waals surface area (Å²) in [5, 5.41) is 20.5. The molecule has 0 radical (unpaired) electrons. The molecule has 3 aliphatic carbocycles. The number of benzene rings is 1. The number of aliphatic hydroxyl groups excluding tert-OH is 1. The van der Waals surface area contributed by atoms with E-state index in [2.05, 4.69) is 11.1 Å². The Balaban J connectivity index is 1.83. The van der Waals surface area contributed by atoms with Crippen molar-refractivity contribution in [3.8, 4) is 18.3 Å². The van der Waals surface area contributed by atoms with E-state index in [1.807, 2.05) is 0 Å². The first-order valence-electron chi connectivity index (χ1n) is 9.21. The molecule has 1 aromatic carbocycles. The van der Waals surface area contributed by atoms with Crippen molar-refractivity contribution in [1.29, 1.82) is 0 Å². The Bertz CT molecular complexity index is 884. The summed E-state index contributed by atoms with van der Waals surface area (Å²) < 4.78 is 29.7. The van der Waals surface area contributed by atoms with E-state index in [1.165, 1.54) is 6.07 Å². The van der Waals surface area contributed by atoms with Gasteiger partial charge in [0.1, 0.15) is 16.8 Å². The molecule has 0 aromatic heterocycles. The Morgan fingerprint density at radius 2 is 2.04 bits per heavy atom. The second-order valence-electron chi connectivity index (χ2n) is 8.23. The van der Waals surface area contributed by atoms with Crippen LogP contribution in [0.15, 0.2) is 17.0 Å². The number of hydrogen-bond donors (Lipinski definition) is 2. The van der Waals surface area contributed by atoms with E-state index >= 15 is 0 Å². The monoisotopic (exact) mass is 376 g/mol. The summed E-state index contributed by atoms with van der Waals surface area (Å²) in [6, 6.07) is 2.92. The van der Waals surface area contributed by atoms with Gasteiger partial charge in [0, 0.05) is 6.07 Å². The standard InChI is InChI=1S/C20H24O5S/c1-3-25-26(23,24)17-11-13(21)10-12-4-5-14-15(19(12)17)8-9-20(2)16(14)6-7-18(20)22/h1,10-11,14-16,18,21-22H,4-9H2,2H3/t14-,15-,16-,18-,20-/m0/s1. The Labute approximate surface area is 154 Å². The number of phenols is 1. The molecule has 140 valence electrons. The molecule has 0 heterocycles. The second kappa shape index (κ2) is 5.90. The fourth-order valence-electron chi connectivity index (χ4n) is 5.95. The third kappa shape index (κ3) is 2.44. The maximum Gasteiger partial charge on any atom is 0.347 e. The maximum absolute atomic E-state index is 12.6. The van der Waals surface area contributed by atoms with Crippen molar-refractivity contribution in [3.05, 3.63) is 23.3 Å². The van der Waals surface area contributed by atoms with Crippen LogP contribution < -0.4 is 0 Å². The summed E-state index contributed by atoms with van der Waals surface area (Å²) >= 11 is 0. The third-order valence-electron chi connectivity index (χ3n) is 7.14. The average molecular weight is 376 g/mol. The first-order chi connectivity index (χ1) is 12.3. The number of hydrogen-bond acceptors (Lipinski definition) is 5. The lowest BCUT2D eigenvalue weighted by atomic mass is 9.55. The van der Waals surface area contributed by atoms with Gasteiger partial charge in [0.2, 0.25) is 0 Å². The molecule has 0 bridgehead atoms. The van der Waals surface area contributed by atoms with E-state index in [0.29, 0.717) is 18.3 Å². The molecule has 0 saturated heterocycles. The minimum Gasteiger partial charge on any atom is -0.508 e. The molecule has 2 fully saturated rings. The highest BCUT2D eigenvalue weighted by molar-refractivity contribution is 7.87. The van der Waals surface area contributed by atoms with Crippen molar-refractivity contribution in [2.24, 2.45) is 17.3 Å². The maximum atomic E-state index is 12.6. The Morgan fingerprint density at radius 1 is 1.27 bits per heavy atom. The highest BCUT2D eigenvalue weighted by atomic mass is 32.2. The van der Waals surface area contributed by atoms with Crippen LogP contribution in [0, 0.1) is 29.8 Å². The number of aromatic hydroxyl groups is 1. The van der Waals surface area contributed by atoms with Gasteiger partial charge in [0.25, 0.3) is 0 Å². The zero-order chi connectivity index (χ0) is 18.7. The van der Waals surface area contributed by atoms with E-state index in [-0.39, 0.29) is 28.1 Å². The molecule has 6 heteroatoms. The van der Waals surface area contributed by atoms with Gasteiger partial charge in [-0.05, 0) is 78.9 Å². The van der Waals surface area contributed by atoms with Gasteiger partial charge < -0.3 is 14.4 Å². The van der Waals surface area contributed by atoms with Crippen molar-refractivity contribution in [2.75, 3.05) is 0 Å². The van der Waals surface area contributed by atoms with Crippen LogP contribution in [0.3, 0.4) is 0 Å². The molecule has 0 amide bonds. The number of phenolic OH excluding ortho intramolecular Hbond substituents is 1. The summed E-state index contributed by atoms with van der Waals surface area (Å²) in [7, 11) is -4.12. The minimum atomic E-state index is -4.12. The molecule has 2 saturated carbocycles. The van der Waals surface area contributed by atoms with Crippen LogP contribution in [0.5, 0.6) is 5.75 Å². The van der Waals surface area contributed by atoms with Gasteiger partial charge in [-0.15, -0.1) is 0 Å². The zero-order valence-electron chi connectivity index (χ0n) is 14.8. The van der Waals surface area contributed by atoms with Crippen molar-refractivity contribution in [1.82, 2.24) is 0 Å². The molecule has 3 aliphatic rings. The molecule has 5 nitrogen and oxygen atoms in total. The molecule has 2 N–H and O–H groups in total. The number of aryl methyl sites for hydroxylation is 1. The Kier molecular flexibility index (Phi) is 4.01. The first-order valence-corrected chi connectivity index (χ1v) is 10.6. The Morgan fingerprint density at radius 3 is 2.77 bits per heavy atom. The minimum absolute atomic E-state index is 0.00213. The fourth-order valence-corrected chi connectivity index (χ4v) is 6.99. The molecular formula is C20H24O5S. The van der Waals surface area contributed by atoms with Gasteiger partial charge in [-0.2, -0.15) is 8.42 Å². The fraction of sp³-hybridized carbons (Fsp3) is 0.600. The number of aliphatic hydroxyl groups is 1. The summed E-state index contributed by atoms with van der Waals surface area (Å²) in [6.45, 7) is 2.18. The van der Waals surface area contributed by atoms with Gasteiger partial charge in [-0.1, -0.05) is 13.3 Å². The molecular weight excluding hydrogens is 352 g/mol. The van der Waals surface area contributed by atoms with Gasteiger partial charge in [0.15, 0.2) is 0 Å². The van der Waals surface area contributed by atoms with Crippen LogP contribution >= 0.6 is 0 Å². The summed E-state index contributed by atoms with van der Waals surface area (Å²) in [4.78, 5) is 0.00213. The van der Waals surface area contributed by atoms with Crippen molar-refractivity contribution in [2.45, 2.75) is 62.4 Å². The van der Waals surface area contributed by atoms with Gasteiger partial charge >= 0.3 is 10.1 Å². The van der Waals surface area contributed by atoms with Crippen LogP contribution in [0.25, 0.3) is 0 Å². The van der Waals surface area contributed by atoms with Gasteiger partial charge in [-0.25, -0.2) is 0 Å². The van der Waals surface area contributed by atoms with Crippen molar-refractivity contribution in [3.63, 3.8) is 0 Å². The first kappa shape index (κ1) is 17.7. The summed E-state index contributed by atoms with van der Waals surface area (Å²) in [5.74, 6) is 0.734. The SMILES string of the molecule is C#COS(=O)(=O)c1cc(O)cc2c1[C@H]1CC[C@]3(C)[C@@H](O)CC[C@H]3[C@H]1CC2. The van der Waals surface area contributed by atoms with E-state index in [1.54, 1.807) is 12.2 Å². The van der Waals surface area contributed by atoms with Crippen molar-refractivity contribution >= 4 is 10.1 Å². The van der Waals surface area contributed by atoms with Crippen LogP contribution in [0.2, 0.25) is 0 Å². The summed E-state index contributed by atoms with van der Waals surface area (Å²) in [6.07, 6.45) is 11.7. The molecule has 1 aromatic rings. The smallest absolute Gasteiger partial charge is 0.347 e. The molecule has 4 rings (SSSR count). The molecule has 0 unspecified atom stereocenters. The van der Waals surface area contributed by atoms with Crippen LogP contribution in [-0.4, -0.2) is 24.7 Å². The van der Waals surface area contributed by atoms with Crippen LogP contribution in [0.4, 0.5) is 0 Å². The molecule has 0 aliphatic heterocycles. The van der Waals surface area contributed by atoms with Crippen molar-refractivity contribution < 1.29 is 22.8 Å². The molecule has 0 spiro atoms. The predicted octanol–water partition coefficient (Wildman–Crippen LogP) is 2.91. The lowest BCUT2D eigenvalue weighted by molar-refractivity contribution is -0.0230. The van der Waals surface area contributed by atoms with E-state index in [0.717, 1.165) is 43.2 Å². The summed E-state index contributed by atoms with van der Waals surface area (Å²) in [5.41, 5.74) is 1.55. The van der Waals surface area contributed by atoms with E-state index < -0.39 is 10.1 Å². The van der Waals surface area contributed by atoms with Crippen LogP contribution in [-0.2, 0) is 20.7 Å². The van der Waals surface area contributed by atoms with E-state index in [9.17, 15) is 18.6 Å². The third-order valence-corrected chi connectivity index (χ3v) is 8.34. The molecule has 5 atom stereocenters. The quantitative estimate of drug-likeness (QED) is 0.612. The largest absolute Gasteiger partial charge is 0.508 e. The predicted molar refractivity (Wildman–Crippen MR) is 95.8 cm³/mol. The lowest BCUT2D eigenvalue weighted by Gasteiger charge is -2.50. The highest BCUT2D eigenvalue weighted by Crippen LogP contribution is 2.61. The zero-order valence-corrected chi connectivity index (χ0v) is 15.6. The lowest BCUT2D eigenvalue weighted by Crippen LogP contribution is -2.44. The van der Waals surface area contributed by atoms with Gasteiger partial charge in [0.05, 0.1) is 6.10 Å². The van der Waals surface area contributed by atoms with Gasteiger partial charge in [-0.3, -0.25) is 0 Å². The number of rotatable bonds is 2. The topological polar surface area (TPSA) is 83.8 Å². The Hall–Kier alpha value is -1.71. The van der Waals surface area contributed by atoms with Crippen LogP contribution in [0.1, 0.15) is 56.1 Å². The number of terminal acetylenes is 1. The highest BCUT2D eigenvalue weighted by Gasteiger charge is 2.55. The normalized spacial score (nSPS) is 35.7. The second-order valence-corrected chi connectivity index (χ2v) is 9.74. The molecule has 26 heavy (non-hydrogen) atoms. The number of fused-ring (bicyclic) bond motifs is 5.